The van der Waals surface area contributed by atoms with Crippen molar-refractivity contribution in [1.82, 2.24) is 10.2 Å². The molecule has 2 heterocycles. The van der Waals surface area contributed by atoms with Gasteiger partial charge in [-0.2, -0.15) is 0 Å². The van der Waals surface area contributed by atoms with Crippen molar-refractivity contribution < 1.29 is 23.9 Å². The molecule has 3 rings (SSSR count). The summed E-state index contributed by atoms with van der Waals surface area (Å²) >= 11 is 1.24. The van der Waals surface area contributed by atoms with Crippen LogP contribution in [0.15, 0.2) is 47.8 Å². The number of nitrogens with one attached hydrogen (secondary N) is 1. The quantitative estimate of drug-likeness (QED) is 0.475. The summed E-state index contributed by atoms with van der Waals surface area (Å²) in [5, 5.41) is 4.35. The zero-order chi connectivity index (χ0) is 18.7. The second-order valence-corrected chi connectivity index (χ2v) is 6.82. The Morgan fingerprint density at radius 1 is 1.15 bits per heavy atom. The van der Waals surface area contributed by atoms with Gasteiger partial charge in [0.25, 0.3) is 5.91 Å². The molecule has 0 unspecified atom stereocenters. The number of ether oxygens (including phenoxy) is 1. The van der Waals surface area contributed by atoms with E-state index < -0.39 is 36.6 Å². The lowest BCUT2D eigenvalue weighted by atomic mass is 9.92. The van der Waals surface area contributed by atoms with Gasteiger partial charge >= 0.3 is 12.0 Å². The summed E-state index contributed by atoms with van der Waals surface area (Å²) in [6.07, 6.45) is 0. The molecule has 1 atom stereocenters. The predicted octanol–water partition coefficient (Wildman–Crippen LogP) is 1.94. The number of nitrogens with zero attached hydrogens (tertiary/aromatic N) is 1. The molecule has 2 aromatic rings. The van der Waals surface area contributed by atoms with Crippen LogP contribution in [0.1, 0.15) is 22.2 Å². The SMILES string of the molecule is C[C@]1(c2ccccc2)NC(=O)N(CC(=O)OCC(=O)c2cccs2)C1=O. The maximum absolute atomic E-state index is 12.7. The highest BCUT2D eigenvalue weighted by atomic mass is 32.1. The van der Waals surface area contributed by atoms with Crippen molar-refractivity contribution in [2.24, 2.45) is 0 Å². The molecule has 1 aromatic carbocycles. The summed E-state index contributed by atoms with van der Waals surface area (Å²) in [5.74, 6) is -1.70. The van der Waals surface area contributed by atoms with Gasteiger partial charge in [0.05, 0.1) is 4.88 Å². The number of Topliss-reactive ketones (excluding diaryl/α,β-unsaturated/α-hetero) is 1. The normalized spacial score (nSPS) is 19.3. The Balaban J connectivity index is 1.63. The highest BCUT2D eigenvalue weighted by molar-refractivity contribution is 7.12. The van der Waals surface area contributed by atoms with E-state index in [0.717, 1.165) is 4.90 Å². The van der Waals surface area contributed by atoms with Gasteiger partial charge in [0.2, 0.25) is 5.78 Å². The summed E-state index contributed by atoms with van der Waals surface area (Å²) in [6.45, 7) is 0.595. The van der Waals surface area contributed by atoms with Crippen LogP contribution in [0.5, 0.6) is 0 Å². The fourth-order valence-corrected chi connectivity index (χ4v) is 3.29. The number of ketones is 1. The highest BCUT2D eigenvalue weighted by Gasteiger charge is 2.49. The van der Waals surface area contributed by atoms with Crippen LogP contribution in [0.4, 0.5) is 4.79 Å². The van der Waals surface area contributed by atoms with Gasteiger partial charge in [-0.1, -0.05) is 36.4 Å². The summed E-state index contributed by atoms with van der Waals surface area (Å²) in [4.78, 5) is 49.9. The molecule has 0 radical (unpaired) electrons. The first-order chi connectivity index (χ1) is 12.4. The van der Waals surface area contributed by atoms with Gasteiger partial charge in [0.1, 0.15) is 12.1 Å². The second kappa shape index (κ2) is 7.09. The van der Waals surface area contributed by atoms with Crippen LogP contribution in [0.2, 0.25) is 0 Å². The number of thiophene rings is 1. The maximum atomic E-state index is 12.7. The van der Waals surface area contributed by atoms with Crippen molar-refractivity contribution in [2.75, 3.05) is 13.2 Å². The number of benzene rings is 1. The molecule has 3 amide bonds. The third kappa shape index (κ3) is 3.36. The van der Waals surface area contributed by atoms with Crippen LogP contribution in [-0.4, -0.2) is 41.7 Å². The summed E-state index contributed by atoms with van der Waals surface area (Å²) in [6, 6.07) is 11.4. The van der Waals surface area contributed by atoms with Crippen LogP contribution in [0.25, 0.3) is 0 Å². The number of amides is 3. The zero-order valence-corrected chi connectivity index (χ0v) is 14.7. The zero-order valence-electron chi connectivity index (χ0n) is 13.9. The number of urea groups is 1. The molecule has 0 spiro atoms. The number of esters is 1. The minimum atomic E-state index is -1.24. The molecule has 1 aliphatic rings. The highest BCUT2D eigenvalue weighted by Crippen LogP contribution is 2.28. The molecule has 0 saturated carbocycles. The Kier molecular flexibility index (Phi) is 4.85. The average Bonchev–Trinajstić information content (AvgIpc) is 3.25. The van der Waals surface area contributed by atoms with Crippen molar-refractivity contribution in [3.05, 3.63) is 58.3 Å². The smallest absolute Gasteiger partial charge is 0.326 e. The van der Waals surface area contributed by atoms with Crippen molar-refractivity contribution in [3.8, 4) is 0 Å². The lowest BCUT2D eigenvalue weighted by Crippen LogP contribution is -2.41. The van der Waals surface area contributed by atoms with Gasteiger partial charge in [0, 0.05) is 0 Å². The number of rotatable bonds is 6. The molecule has 8 heteroatoms. The minimum absolute atomic E-state index is 0.334. The summed E-state index contributed by atoms with van der Waals surface area (Å²) in [7, 11) is 0. The van der Waals surface area contributed by atoms with Gasteiger partial charge in [-0.3, -0.25) is 19.3 Å². The van der Waals surface area contributed by atoms with Crippen LogP contribution in [0, 0.1) is 0 Å². The van der Waals surface area contributed by atoms with E-state index in [0.29, 0.717) is 10.4 Å². The Morgan fingerprint density at radius 3 is 2.54 bits per heavy atom. The van der Waals surface area contributed by atoms with E-state index in [1.54, 1.807) is 54.8 Å². The number of imide groups is 1. The molecule has 134 valence electrons. The fraction of sp³-hybridized carbons (Fsp3) is 0.222. The molecule has 0 aliphatic carbocycles. The third-order valence-electron chi connectivity index (χ3n) is 4.07. The predicted molar refractivity (Wildman–Crippen MR) is 93.6 cm³/mol. The first-order valence-corrected chi connectivity index (χ1v) is 8.72. The van der Waals surface area contributed by atoms with E-state index in [-0.39, 0.29) is 5.78 Å². The Morgan fingerprint density at radius 2 is 1.88 bits per heavy atom. The van der Waals surface area contributed by atoms with E-state index >= 15 is 0 Å². The van der Waals surface area contributed by atoms with Crippen molar-refractivity contribution in [3.63, 3.8) is 0 Å². The topological polar surface area (TPSA) is 92.8 Å². The third-order valence-corrected chi connectivity index (χ3v) is 4.98. The van der Waals surface area contributed by atoms with Crippen LogP contribution in [-0.2, 0) is 19.9 Å². The number of carbonyl (C=O) groups excluding carboxylic acids is 4. The minimum Gasteiger partial charge on any atom is -0.456 e. The molecule has 0 bridgehead atoms. The van der Waals surface area contributed by atoms with Gasteiger partial charge in [0.15, 0.2) is 6.61 Å². The van der Waals surface area contributed by atoms with Gasteiger partial charge in [-0.15, -0.1) is 11.3 Å². The van der Waals surface area contributed by atoms with Crippen molar-refractivity contribution in [1.29, 1.82) is 0 Å². The standard InChI is InChI=1S/C18H16N2O5S/c1-18(12-6-3-2-4-7-12)16(23)20(17(24)19-18)10-15(22)25-11-13(21)14-8-5-9-26-14/h2-9H,10-11H2,1H3,(H,19,24)/t18-/m1/s1. The Labute approximate surface area is 153 Å². The van der Waals surface area contributed by atoms with Crippen molar-refractivity contribution in [2.45, 2.75) is 12.5 Å². The number of hydrogen-bond donors (Lipinski definition) is 1. The molecule has 1 N–H and O–H groups in total. The molecule has 7 nitrogen and oxygen atoms in total. The fourth-order valence-electron chi connectivity index (χ4n) is 2.64. The number of carbonyl (C=O) groups is 4. The monoisotopic (exact) mass is 372 g/mol. The molecule has 1 saturated heterocycles. The van der Waals surface area contributed by atoms with E-state index in [1.807, 2.05) is 0 Å². The molecule has 26 heavy (non-hydrogen) atoms. The largest absolute Gasteiger partial charge is 0.456 e. The Bertz CT molecular complexity index is 850. The maximum Gasteiger partial charge on any atom is 0.326 e. The molecule has 1 aromatic heterocycles. The molecule has 1 fully saturated rings. The molecular formula is C18H16N2O5S. The van der Waals surface area contributed by atoms with E-state index in [2.05, 4.69) is 5.32 Å². The van der Waals surface area contributed by atoms with Gasteiger partial charge in [-0.25, -0.2) is 4.79 Å². The van der Waals surface area contributed by atoms with E-state index in [1.165, 1.54) is 11.3 Å². The van der Waals surface area contributed by atoms with E-state index in [4.69, 9.17) is 4.74 Å². The summed E-state index contributed by atoms with van der Waals surface area (Å²) < 4.78 is 4.90. The lowest BCUT2D eigenvalue weighted by molar-refractivity contribution is -0.146. The number of hydrogen-bond acceptors (Lipinski definition) is 6. The van der Waals surface area contributed by atoms with E-state index in [9.17, 15) is 19.2 Å². The van der Waals surface area contributed by atoms with Crippen LogP contribution in [0.3, 0.4) is 0 Å². The van der Waals surface area contributed by atoms with Gasteiger partial charge in [-0.05, 0) is 23.9 Å². The first-order valence-electron chi connectivity index (χ1n) is 7.84. The van der Waals surface area contributed by atoms with Crippen molar-refractivity contribution >= 4 is 35.0 Å². The summed E-state index contributed by atoms with van der Waals surface area (Å²) in [5.41, 5.74) is -0.632. The van der Waals surface area contributed by atoms with Crippen LogP contribution < -0.4 is 5.32 Å². The second-order valence-electron chi connectivity index (χ2n) is 5.87. The first kappa shape index (κ1) is 17.8. The van der Waals surface area contributed by atoms with Gasteiger partial charge < -0.3 is 10.1 Å². The Hall–Kier alpha value is -3.00. The lowest BCUT2D eigenvalue weighted by Gasteiger charge is -2.21. The molecular weight excluding hydrogens is 356 g/mol. The molecule has 1 aliphatic heterocycles. The van der Waals surface area contributed by atoms with Crippen LogP contribution >= 0.6 is 11.3 Å². The average molecular weight is 372 g/mol.